The fourth-order valence-electron chi connectivity index (χ4n) is 4.93. The Bertz CT molecular complexity index is 1000. The summed E-state index contributed by atoms with van der Waals surface area (Å²) >= 11 is 0. The van der Waals surface area contributed by atoms with Gasteiger partial charge in [-0.15, -0.1) is 0 Å². The molecule has 8 heteroatoms. The van der Waals surface area contributed by atoms with E-state index in [1.807, 2.05) is 24.3 Å². The summed E-state index contributed by atoms with van der Waals surface area (Å²) in [6, 6.07) is 10.8. The van der Waals surface area contributed by atoms with Gasteiger partial charge in [-0.2, -0.15) is 4.31 Å². The Labute approximate surface area is 183 Å². The van der Waals surface area contributed by atoms with Gasteiger partial charge in [0.15, 0.2) is 0 Å². The number of benzene rings is 1. The van der Waals surface area contributed by atoms with Crippen LogP contribution in [0.4, 0.5) is 0 Å². The van der Waals surface area contributed by atoms with Crippen molar-refractivity contribution in [1.29, 1.82) is 0 Å². The highest BCUT2D eigenvalue weighted by molar-refractivity contribution is 7.89. The average Bonchev–Trinajstić information content (AvgIpc) is 3.18. The standard InChI is InChI=1S/C23H29N3O4S/c1-30-19-9-7-18(8-10-19)14-25-22(27)21-16-26(17-23(21)11-3-2-4-12-23)31(28,29)20-6-5-13-24-15-20/h5-10,13,15,21H,2-4,11-12,14,16-17H2,1H3,(H,25,27). The molecule has 7 nitrogen and oxygen atoms in total. The van der Waals surface area contributed by atoms with E-state index in [1.165, 1.54) is 10.5 Å². The number of carbonyl (C=O) groups excluding carboxylic acids is 1. The second-order valence-corrected chi connectivity index (χ2v) is 10.5. The van der Waals surface area contributed by atoms with Crippen molar-refractivity contribution < 1.29 is 17.9 Å². The molecule has 1 N–H and O–H groups in total. The second kappa shape index (κ2) is 8.96. The van der Waals surface area contributed by atoms with Crippen LogP contribution in [0.25, 0.3) is 0 Å². The number of rotatable bonds is 6. The van der Waals surface area contributed by atoms with Gasteiger partial charge in [-0.25, -0.2) is 8.42 Å². The summed E-state index contributed by atoms with van der Waals surface area (Å²) in [6.07, 6.45) is 7.89. The predicted octanol–water partition coefficient (Wildman–Crippen LogP) is 2.98. The first-order valence-electron chi connectivity index (χ1n) is 10.8. The third-order valence-electron chi connectivity index (χ3n) is 6.68. The number of nitrogens with one attached hydrogen (secondary N) is 1. The molecule has 2 aromatic rings. The zero-order chi connectivity index (χ0) is 21.9. The van der Waals surface area contributed by atoms with Crippen LogP contribution in [0.2, 0.25) is 0 Å². The van der Waals surface area contributed by atoms with Gasteiger partial charge in [0, 0.05) is 32.0 Å². The summed E-state index contributed by atoms with van der Waals surface area (Å²) in [5.74, 6) is 0.349. The minimum Gasteiger partial charge on any atom is -0.497 e. The van der Waals surface area contributed by atoms with Crippen molar-refractivity contribution in [2.45, 2.75) is 43.5 Å². The van der Waals surface area contributed by atoms with Gasteiger partial charge in [-0.1, -0.05) is 31.4 Å². The summed E-state index contributed by atoms with van der Waals surface area (Å²) < 4.78 is 33.1. The summed E-state index contributed by atoms with van der Waals surface area (Å²) in [4.78, 5) is 17.4. The Hall–Kier alpha value is -2.45. The Kier molecular flexibility index (Phi) is 6.29. The van der Waals surface area contributed by atoms with Crippen LogP contribution < -0.4 is 10.1 Å². The van der Waals surface area contributed by atoms with Crippen LogP contribution in [-0.4, -0.2) is 43.8 Å². The van der Waals surface area contributed by atoms with Crippen LogP contribution in [0.3, 0.4) is 0 Å². The molecule has 0 radical (unpaired) electrons. The zero-order valence-electron chi connectivity index (χ0n) is 17.8. The fourth-order valence-corrected chi connectivity index (χ4v) is 6.45. The lowest BCUT2D eigenvalue weighted by Crippen LogP contribution is -2.42. The Morgan fingerprint density at radius 3 is 2.58 bits per heavy atom. The number of hydrogen-bond acceptors (Lipinski definition) is 5. The molecule has 2 fully saturated rings. The van der Waals surface area contributed by atoms with Crippen LogP contribution >= 0.6 is 0 Å². The molecular formula is C23H29N3O4S. The van der Waals surface area contributed by atoms with Crippen molar-refractivity contribution in [3.63, 3.8) is 0 Å². The van der Waals surface area contributed by atoms with Gasteiger partial charge in [0.2, 0.25) is 15.9 Å². The van der Waals surface area contributed by atoms with E-state index in [0.29, 0.717) is 13.1 Å². The first-order chi connectivity index (χ1) is 14.9. The second-order valence-electron chi connectivity index (χ2n) is 8.53. The van der Waals surface area contributed by atoms with Crippen molar-refractivity contribution in [2.75, 3.05) is 20.2 Å². The number of sulfonamides is 1. The van der Waals surface area contributed by atoms with Gasteiger partial charge >= 0.3 is 0 Å². The maximum absolute atomic E-state index is 13.3. The summed E-state index contributed by atoms with van der Waals surface area (Å²) in [5, 5.41) is 3.05. The topological polar surface area (TPSA) is 88.6 Å². The lowest BCUT2D eigenvalue weighted by molar-refractivity contribution is -0.128. The molecular weight excluding hydrogens is 414 g/mol. The van der Waals surface area contributed by atoms with Crippen molar-refractivity contribution in [3.05, 3.63) is 54.4 Å². The number of methoxy groups -OCH3 is 1. The van der Waals surface area contributed by atoms with E-state index in [2.05, 4.69) is 10.3 Å². The highest BCUT2D eigenvalue weighted by Gasteiger charge is 2.53. The molecule has 31 heavy (non-hydrogen) atoms. The third kappa shape index (κ3) is 4.45. The number of pyridine rings is 1. The SMILES string of the molecule is COc1ccc(CNC(=O)C2CN(S(=O)(=O)c3cccnc3)CC23CCCCC3)cc1. The molecule has 166 valence electrons. The Morgan fingerprint density at radius 2 is 1.94 bits per heavy atom. The molecule has 1 aromatic carbocycles. The fraction of sp³-hybridized carbons (Fsp3) is 0.478. The number of amides is 1. The van der Waals surface area contributed by atoms with Gasteiger partial charge in [-0.3, -0.25) is 9.78 Å². The van der Waals surface area contributed by atoms with E-state index in [9.17, 15) is 13.2 Å². The van der Waals surface area contributed by atoms with Gasteiger partial charge in [0.25, 0.3) is 0 Å². The van der Waals surface area contributed by atoms with E-state index in [4.69, 9.17) is 4.74 Å². The molecule has 1 aliphatic carbocycles. The maximum Gasteiger partial charge on any atom is 0.244 e. The predicted molar refractivity (Wildman–Crippen MR) is 117 cm³/mol. The molecule has 1 aliphatic heterocycles. The molecule has 1 amide bonds. The molecule has 2 heterocycles. The highest BCUT2D eigenvalue weighted by atomic mass is 32.2. The lowest BCUT2D eigenvalue weighted by Gasteiger charge is -2.37. The molecule has 2 aliphatic rings. The highest BCUT2D eigenvalue weighted by Crippen LogP contribution is 2.48. The van der Waals surface area contributed by atoms with Crippen molar-refractivity contribution in [1.82, 2.24) is 14.6 Å². The Balaban J connectivity index is 1.52. The molecule has 1 saturated carbocycles. The van der Waals surface area contributed by atoms with Crippen LogP contribution in [0, 0.1) is 11.3 Å². The van der Waals surface area contributed by atoms with E-state index in [0.717, 1.165) is 43.4 Å². The minimum absolute atomic E-state index is 0.0680. The van der Waals surface area contributed by atoms with E-state index >= 15 is 0 Å². The zero-order valence-corrected chi connectivity index (χ0v) is 18.6. The normalized spacial score (nSPS) is 21.1. The number of hydrogen-bond donors (Lipinski definition) is 1. The summed E-state index contributed by atoms with van der Waals surface area (Å²) in [7, 11) is -2.06. The summed E-state index contributed by atoms with van der Waals surface area (Å²) in [5.41, 5.74) is 0.682. The smallest absolute Gasteiger partial charge is 0.244 e. The van der Waals surface area contributed by atoms with Gasteiger partial charge in [0.05, 0.1) is 13.0 Å². The van der Waals surface area contributed by atoms with Crippen LogP contribution in [0.5, 0.6) is 5.75 Å². The van der Waals surface area contributed by atoms with Crippen molar-refractivity contribution in [2.24, 2.45) is 11.3 Å². The maximum atomic E-state index is 13.3. The average molecular weight is 444 g/mol. The van der Waals surface area contributed by atoms with Crippen LogP contribution in [0.1, 0.15) is 37.7 Å². The first kappa shape index (κ1) is 21.8. The first-order valence-corrected chi connectivity index (χ1v) is 12.2. The van der Waals surface area contributed by atoms with E-state index in [-0.39, 0.29) is 28.7 Å². The molecule has 1 unspecified atom stereocenters. The quantitative estimate of drug-likeness (QED) is 0.742. The molecule has 1 atom stereocenters. The third-order valence-corrected chi connectivity index (χ3v) is 8.48. The largest absolute Gasteiger partial charge is 0.497 e. The Morgan fingerprint density at radius 1 is 1.19 bits per heavy atom. The van der Waals surface area contributed by atoms with Gasteiger partial charge < -0.3 is 10.1 Å². The monoisotopic (exact) mass is 443 g/mol. The molecule has 1 spiro atoms. The van der Waals surface area contributed by atoms with Gasteiger partial charge in [-0.05, 0) is 48.1 Å². The number of nitrogens with zero attached hydrogens (tertiary/aromatic N) is 2. The van der Waals surface area contributed by atoms with Crippen molar-refractivity contribution >= 4 is 15.9 Å². The molecule has 1 aromatic heterocycles. The molecule has 0 bridgehead atoms. The number of carbonyl (C=O) groups is 1. The van der Waals surface area contributed by atoms with Gasteiger partial charge in [0.1, 0.15) is 10.6 Å². The molecule has 4 rings (SSSR count). The number of aromatic nitrogens is 1. The van der Waals surface area contributed by atoms with E-state index < -0.39 is 10.0 Å². The minimum atomic E-state index is -3.68. The molecule has 1 saturated heterocycles. The summed E-state index contributed by atoms with van der Waals surface area (Å²) in [6.45, 7) is 1.02. The van der Waals surface area contributed by atoms with Crippen molar-refractivity contribution in [3.8, 4) is 5.75 Å². The number of ether oxygens (including phenoxy) is 1. The van der Waals surface area contributed by atoms with Crippen LogP contribution in [0.15, 0.2) is 53.7 Å². The lowest BCUT2D eigenvalue weighted by atomic mass is 9.67. The van der Waals surface area contributed by atoms with Crippen LogP contribution in [-0.2, 0) is 21.4 Å². The van der Waals surface area contributed by atoms with E-state index in [1.54, 1.807) is 25.4 Å².